The van der Waals surface area contributed by atoms with E-state index in [9.17, 15) is 10.1 Å². The molecule has 0 amide bonds. The molecule has 1 aliphatic carbocycles. The molecular formula is C24H20BrClN2O4. The van der Waals surface area contributed by atoms with Crippen LogP contribution in [0.1, 0.15) is 36.3 Å². The minimum absolute atomic E-state index is 0.0299. The summed E-state index contributed by atoms with van der Waals surface area (Å²) in [6, 6.07) is 13.1. The van der Waals surface area contributed by atoms with E-state index in [0.29, 0.717) is 57.2 Å². The molecular weight excluding hydrogens is 496 g/mol. The number of methoxy groups -OCH3 is 1. The van der Waals surface area contributed by atoms with Gasteiger partial charge in [0.05, 0.1) is 17.5 Å². The molecule has 0 radical (unpaired) electrons. The van der Waals surface area contributed by atoms with Gasteiger partial charge in [0.1, 0.15) is 24.0 Å². The van der Waals surface area contributed by atoms with Crippen LogP contribution in [-0.2, 0) is 16.1 Å². The Balaban J connectivity index is 1.74. The lowest BCUT2D eigenvalue weighted by Crippen LogP contribution is -2.27. The van der Waals surface area contributed by atoms with Gasteiger partial charge in [0, 0.05) is 23.4 Å². The number of carbonyl (C=O) groups is 1. The Hall–Kier alpha value is -2.95. The number of allylic oxidation sites excluding steroid dienone is 3. The molecule has 0 saturated carbocycles. The molecule has 4 rings (SSSR count). The van der Waals surface area contributed by atoms with Crippen molar-refractivity contribution >= 4 is 33.3 Å². The number of hydrogen-bond acceptors (Lipinski definition) is 6. The zero-order chi connectivity index (χ0) is 22.8. The summed E-state index contributed by atoms with van der Waals surface area (Å²) in [5.74, 6) is 0.880. The van der Waals surface area contributed by atoms with Crippen LogP contribution in [-0.4, -0.2) is 12.9 Å². The predicted molar refractivity (Wildman–Crippen MR) is 123 cm³/mol. The monoisotopic (exact) mass is 514 g/mol. The van der Waals surface area contributed by atoms with E-state index in [-0.39, 0.29) is 23.8 Å². The molecule has 164 valence electrons. The van der Waals surface area contributed by atoms with Gasteiger partial charge in [-0.2, -0.15) is 5.26 Å². The van der Waals surface area contributed by atoms with Crippen molar-refractivity contribution in [3.05, 3.63) is 79.8 Å². The molecule has 0 unspecified atom stereocenters. The van der Waals surface area contributed by atoms with Crippen LogP contribution in [0.3, 0.4) is 0 Å². The van der Waals surface area contributed by atoms with Crippen LogP contribution >= 0.6 is 27.5 Å². The van der Waals surface area contributed by atoms with E-state index in [4.69, 9.17) is 31.5 Å². The summed E-state index contributed by atoms with van der Waals surface area (Å²) in [5, 5.41) is 10.4. The smallest absolute Gasteiger partial charge is 0.205 e. The number of ketones is 1. The van der Waals surface area contributed by atoms with Crippen molar-refractivity contribution < 1.29 is 19.0 Å². The predicted octanol–water partition coefficient (Wildman–Crippen LogP) is 5.50. The number of halogens is 2. The SMILES string of the molecule is COc1cc([C@@H]2C(C#N)=C(N)OC3=C2C(=O)CCC3)cc(Br)c1OCc1cccc(Cl)c1. The molecule has 8 heteroatoms. The molecule has 1 atom stereocenters. The summed E-state index contributed by atoms with van der Waals surface area (Å²) in [5.41, 5.74) is 8.34. The Morgan fingerprint density at radius 2 is 2.12 bits per heavy atom. The van der Waals surface area contributed by atoms with Crippen LogP contribution < -0.4 is 15.2 Å². The van der Waals surface area contributed by atoms with Gasteiger partial charge in [-0.05, 0) is 57.7 Å². The van der Waals surface area contributed by atoms with Crippen LogP contribution in [0.5, 0.6) is 11.5 Å². The summed E-state index contributed by atoms with van der Waals surface area (Å²) in [7, 11) is 1.54. The Morgan fingerprint density at radius 1 is 1.31 bits per heavy atom. The largest absolute Gasteiger partial charge is 0.493 e. The second kappa shape index (κ2) is 9.27. The summed E-state index contributed by atoms with van der Waals surface area (Å²) in [6.07, 6.45) is 1.72. The first-order valence-corrected chi connectivity index (χ1v) is 11.2. The summed E-state index contributed by atoms with van der Waals surface area (Å²) < 4.78 is 17.9. The Morgan fingerprint density at radius 3 is 2.84 bits per heavy atom. The number of hydrogen-bond donors (Lipinski definition) is 1. The molecule has 1 aliphatic heterocycles. The third kappa shape index (κ3) is 4.21. The first kappa shape index (κ1) is 22.3. The van der Waals surface area contributed by atoms with Gasteiger partial charge in [0.2, 0.25) is 5.88 Å². The van der Waals surface area contributed by atoms with E-state index in [0.717, 1.165) is 5.56 Å². The van der Waals surface area contributed by atoms with E-state index in [1.54, 1.807) is 12.1 Å². The van der Waals surface area contributed by atoms with E-state index in [1.807, 2.05) is 24.3 Å². The number of nitrogens with zero attached hydrogens (tertiary/aromatic N) is 1. The van der Waals surface area contributed by atoms with Gasteiger partial charge in [-0.3, -0.25) is 4.79 Å². The van der Waals surface area contributed by atoms with Crippen LogP contribution in [0.4, 0.5) is 0 Å². The molecule has 2 aliphatic rings. The van der Waals surface area contributed by atoms with E-state index < -0.39 is 5.92 Å². The average Bonchev–Trinajstić information content (AvgIpc) is 2.77. The number of Topliss-reactive ketones (excluding diaryl/α,β-unsaturated/α-hetero) is 1. The molecule has 1 heterocycles. The molecule has 6 nitrogen and oxygen atoms in total. The number of benzene rings is 2. The third-order valence-electron chi connectivity index (χ3n) is 5.46. The minimum atomic E-state index is -0.622. The van der Waals surface area contributed by atoms with E-state index >= 15 is 0 Å². The van der Waals surface area contributed by atoms with Gasteiger partial charge in [0.25, 0.3) is 0 Å². The zero-order valence-corrected chi connectivity index (χ0v) is 19.6. The van der Waals surface area contributed by atoms with Gasteiger partial charge >= 0.3 is 0 Å². The van der Waals surface area contributed by atoms with Crippen molar-refractivity contribution in [3.63, 3.8) is 0 Å². The number of nitrogens with two attached hydrogens (primary N) is 1. The maximum absolute atomic E-state index is 12.8. The first-order chi connectivity index (χ1) is 15.4. The number of rotatable bonds is 5. The topological polar surface area (TPSA) is 94.6 Å². The third-order valence-corrected chi connectivity index (χ3v) is 6.29. The standard InChI is InChI=1S/C24H20BrClN2O4/c1-30-20-10-14(9-17(25)23(20)31-12-13-4-2-5-15(26)8-13)21-16(11-27)24(28)32-19-7-3-6-18(29)22(19)21/h2,4-5,8-10,21H,3,6-7,12,28H2,1H3/t21-/m1/s1. The average molecular weight is 516 g/mol. The highest BCUT2D eigenvalue weighted by Gasteiger charge is 2.38. The lowest BCUT2D eigenvalue weighted by atomic mass is 9.77. The van der Waals surface area contributed by atoms with Crippen LogP contribution in [0, 0.1) is 11.3 Å². The molecule has 32 heavy (non-hydrogen) atoms. The lowest BCUT2D eigenvalue weighted by Gasteiger charge is -2.31. The Labute approximate surface area is 199 Å². The fourth-order valence-electron chi connectivity index (χ4n) is 4.02. The van der Waals surface area contributed by atoms with Gasteiger partial charge in [-0.15, -0.1) is 0 Å². The molecule has 0 spiro atoms. The van der Waals surface area contributed by atoms with Gasteiger partial charge in [-0.1, -0.05) is 23.7 Å². The molecule has 0 fully saturated rings. The van der Waals surface area contributed by atoms with Crippen molar-refractivity contribution in [2.45, 2.75) is 31.8 Å². The second-order valence-electron chi connectivity index (χ2n) is 7.49. The maximum atomic E-state index is 12.8. The molecule has 2 aromatic rings. The van der Waals surface area contributed by atoms with Crippen molar-refractivity contribution in [1.29, 1.82) is 5.26 Å². The van der Waals surface area contributed by atoms with Crippen LogP contribution in [0.2, 0.25) is 5.02 Å². The summed E-state index contributed by atoms with van der Waals surface area (Å²) >= 11 is 9.62. The quantitative estimate of drug-likeness (QED) is 0.565. The fourth-order valence-corrected chi connectivity index (χ4v) is 4.81. The molecule has 2 aromatic carbocycles. The zero-order valence-electron chi connectivity index (χ0n) is 17.3. The number of carbonyl (C=O) groups excluding carboxylic acids is 1. The summed E-state index contributed by atoms with van der Waals surface area (Å²) in [4.78, 5) is 12.8. The van der Waals surface area contributed by atoms with Crippen molar-refractivity contribution in [1.82, 2.24) is 0 Å². The van der Waals surface area contributed by atoms with Crippen molar-refractivity contribution in [3.8, 4) is 17.6 Å². The number of ether oxygens (including phenoxy) is 3. The highest BCUT2D eigenvalue weighted by molar-refractivity contribution is 9.10. The number of nitriles is 1. The Kier molecular flexibility index (Phi) is 6.45. The van der Waals surface area contributed by atoms with Gasteiger partial charge in [0.15, 0.2) is 17.3 Å². The Bertz CT molecular complexity index is 1200. The normalized spacial score (nSPS) is 18.1. The van der Waals surface area contributed by atoms with Gasteiger partial charge in [-0.25, -0.2) is 0 Å². The second-order valence-corrected chi connectivity index (χ2v) is 8.78. The molecule has 2 N–H and O–H groups in total. The van der Waals surface area contributed by atoms with E-state index in [2.05, 4.69) is 22.0 Å². The molecule has 0 aromatic heterocycles. The highest BCUT2D eigenvalue weighted by atomic mass is 79.9. The highest BCUT2D eigenvalue weighted by Crippen LogP contribution is 2.47. The lowest BCUT2D eigenvalue weighted by molar-refractivity contribution is -0.116. The van der Waals surface area contributed by atoms with E-state index in [1.165, 1.54) is 7.11 Å². The fraction of sp³-hybridized carbons (Fsp3) is 0.250. The van der Waals surface area contributed by atoms with Crippen molar-refractivity contribution in [2.24, 2.45) is 5.73 Å². The minimum Gasteiger partial charge on any atom is -0.493 e. The maximum Gasteiger partial charge on any atom is 0.205 e. The van der Waals surface area contributed by atoms with Crippen LogP contribution in [0.25, 0.3) is 0 Å². The molecule has 0 saturated heterocycles. The van der Waals surface area contributed by atoms with Crippen molar-refractivity contribution in [2.75, 3.05) is 7.11 Å². The van der Waals surface area contributed by atoms with Crippen LogP contribution in [0.15, 0.2) is 63.7 Å². The van der Waals surface area contributed by atoms with Gasteiger partial charge < -0.3 is 19.9 Å². The molecule has 0 bridgehead atoms. The summed E-state index contributed by atoms with van der Waals surface area (Å²) in [6.45, 7) is 0.288. The first-order valence-electron chi connectivity index (χ1n) is 10.0.